The lowest BCUT2D eigenvalue weighted by Crippen LogP contribution is -2.48. The number of rotatable bonds is 6. The van der Waals surface area contributed by atoms with Crippen LogP contribution in [0.15, 0.2) is 35.1 Å². The maximum absolute atomic E-state index is 12.8. The number of ether oxygens (including phenoxy) is 2. The number of fused-ring (bicyclic) bond motifs is 1. The van der Waals surface area contributed by atoms with Gasteiger partial charge in [-0.1, -0.05) is 12.5 Å². The van der Waals surface area contributed by atoms with Crippen molar-refractivity contribution < 1.29 is 14.3 Å². The van der Waals surface area contributed by atoms with Crippen LogP contribution in [0.4, 0.5) is 0 Å². The molecule has 1 amide bonds. The van der Waals surface area contributed by atoms with Crippen molar-refractivity contribution in [3.05, 3.63) is 51.9 Å². The van der Waals surface area contributed by atoms with Gasteiger partial charge in [0.15, 0.2) is 11.5 Å². The second kappa shape index (κ2) is 9.30. The number of hydrogen-bond acceptors (Lipinski definition) is 6. The molecule has 1 atom stereocenters. The maximum Gasteiger partial charge on any atom is 0.266 e. The molecule has 0 radical (unpaired) electrons. The van der Waals surface area contributed by atoms with Crippen LogP contribution < -0.4 is 20.3 Å². The van der Waals surface area contributed by atoms with Crippen LogP contribution in [0.2, 0.25) is 0 Å². The summed E-state index contributed by atoms with van der Waals surface area (Å²) >= 11 is 0. The highest BCUT2D eigenvalue weighted by Crippen LogP contribution is 2.33. The van der Waals surface area contributed by atoms with Gasteiger partial charge in [0.25, 0.3) is 11.5 Å². The van der Waals surface area contributed by atoms with Crippen molar-refractivity contribution in [1.29, 1.82) is 0 Å². The third kappa shape index (κ3) is 4.64. The first-order chi connectivity index (χ1) is 14.6. The zero-order valence-electron chi connectivity index (χ0n) is 17.3. The van der Waals surface area contributed by atoms with Crippen molar-refractivity contribution in [1.82, 2.24) is 20.0 Å². The predicted octanol–water partition coefficient (Wildman–Crippen LogP) is 1.61. The Kier molecular flexibility index (Phi) is 6.32. The van der Waals surface area contributed by atoms with E-state index in [1.807, 2.05) is 19.1 Å². The van der Waals surface area contributed by atoms with Gasteiger partial charge in [0, 0.05) is 25.2 Å². The van der Waals surface area contributed by atoms with E-state index in [4.69, 9.17) is 9.47 Å². The molecule has 1 fully saturated rings. The first kappa shape index (κ1) is 20.4. The number of carbonyl (C=O) groups excluding carboxylic acids is 1. The van der Waals surface area contributed by atoms with Crippen molar-refractivity contribution in [3.63, 3.8) is 0 Å². The number of amides is 1. The Morgan fingerprint density at radius 1 is 1.17 bits per heavy atom. The van der Waals surface area contributed by atoms with Gasteiger partial charge in [0.05, 0.1) is 17.8 Å². The molecule has 160 valence electrons. The Morgan fingerprint density at radius 2 is 2.03 bits per heavy atom. The van der Waals surface area contributed by atoms with E-state index >= 15 is 0 Å². The Morgan fingerprint density at radius 3 is 2.93 bits per heavy atom. The molecule has 2 aliphatic rings. The number of para-hydroxylation sites is 1. The zero-order chi connectivity index (χ0) is 20.9. The van der Waals surface area contributed by atoms with E-state index in [-0.39, 0.29) is 17.5 Å². The number of benzene rings is 1. The molecule has 0 aliphatic carbocycles. The molecule has 8 heteroatoms. The minimum atomic E-state index is -0.153. The summed E-state index contributed by atoms with van der Waals surface area (Å²) in [6, 6.07) is 8.91. The van der Waals surface area contributed by atoms with Crippen molar-refractivity contribution in [2.45, 2.75) is 38.8 Å². The van der Waals surface area contributed by atoms with Gasteiger partial charge in [-0.2, -0.15) is 5.10 Å². The lowest BCUT2D eigenvalue weighted by molar-refractivity contribution is 0.0899. The first-order valence-electron chi connectivity index (χ1n) is 10.6. The van der Waals surface area contributed by atoms with E-state index in [1.54, 1.807) is 18.2 Å². The van der Waals surface area contributed by atoms with E-state index in [9.17, 15) is 9.59 Å². The van der Waals surface area contributed by atoms with Gasteiger partial charge in [0.2, 0.25) is 0 Å². The molecule has 30 heavy (non-hydrogen) atoms. The molecule has 1 aromatic carbocycles. The summed E-state index contributed by atoms with van der Waals surface area (Å²) < 4.78 is 12.8. The molecule has 2 aliphatic heterocycles. The predicted molar refractivity (Wildman–Crippen MR) is 112 cm³/mol. The Hall–Kier alpha value is -2.87. The fourth-order valence-electron chi connectivity index (χ4n) is 4.08. The molecule has 1 aromatic heterocycles. The number of nitrogens with one attached hydrogen (secondary N) is 1. The smallest absolute Gasteiger partial charge is 0.266 e. The SMILES string of the molecule is Cc1ccc(=O)n(CCN2CCCCC2CNC(=O)c2cccc3c2OCCO3)n1. The van der Waals surface area contributed by atoms with Crippen molar-refractivity contribution in [3.8, 4) is 11.5 Å². The van der Waals surface area contributed by atoms with Crippen LogP contribution in [0.3, 0.4) is 0 Å². The second-order valence-corrected chi connectivity index (χ2v) is 7.76. The quantitative estimate of drug-likeness (QED) is 0.776. The average molecular weight is 412 g/mol. The number of carbonyl (C=O) groups is 1. The molecule has 1 saturated heterocycles. The molecule has 1 unspecified atom stereocenters. The molecular weight excluding hydrogens is 384 g/mol. The summed E-state index contributed by atoms with van der Waals surface area (Å²) in [7, 11) is 0. The largest absolute Gasteiger partial charge is 0.486 e. The number of likely N-dealkylation sites (tertiary alicyclic amines) is 1. The fraction of sp³-hybridized carbons (Fsp3) is 0.500. The molecule has 2 aromatic rings. The summed E-state index contributed by atoms with van der Waals surface area (Å²) in [5, 5.41) is 7.39. The van der Waals surface area contributed by atoms with E-state index in [0.29, 0.717) is 43.4 Å². The average Bonchev–Trinajstić information content (AvgIpc) is 2.78. The molecule has 0 spiro atoms. The topological polar surface area (TPSA) is 85.7 Å². The monoisotopic (exact) mass is 412 g/mol. The Balaban J connectivity index is 1.37. The van der Waals surface area contributed by atoms with Gasteiger partial charge in [-0.15, -0.1) is 0 Å². The van der Waals surface area contributed by atoms with E-state index in [2.05, 4.69) is 15.3 Å². The van der Waals surface area contributed by atoms with Gasteiger partial charge in [-0.25, -0.2) is 4.68 Å². The minimum Gasteiger partial charge on any atom is -0.486 e. The Bertz CT molecular complexity index is 958. The molecule has 3 heterocycles. The van der Waals surface area contributed by atoms with Crippen LogP contribution in [-0.2, 0) is 6.54 Å². The summed E-state index contributed by atoms with van der Waals surface area (Å²) in [5.41, 5.74) is 1.25. The van der Waals surface area contributed by atoms with Gasteiger partial charge in [0.1, 0.15) is 13.2 Å². The summed E-state index contributed by atoms with van der Waals surface area (Å²) in [4.78, 5) is 27.2. The van der Waals surface area contributed by atoms with Crippen LogP contribution in [0.1, 0.15) is 35.3 Å². The first-order valence-corrected chi connectivity index (χ1v) is 10.6. The van der Waals surface area contributed by atoms with Gasteiger partial charge >= 0.3 is 0 Å². The minimum absolute atomic E-state index is 0.0847. The van der Waals surface area contributed by atoms with Crippen molar-refractivity contribution in [2.75, 3.05) is 32.8 Å². The molecule has 4 rings (SSSR count). The highest BCUT2D eigenvalue weighted by molar-refractivity contribution is 5.97. The number of aryl methyl sites for hydroxylation is 1. The number of nitrogens with zero attached hydrogens (tertiary/aromatic N) is 3. The Labute approximate surface area is 175 Å². The lowest BCUT2D eigenvalue weighted by Gasteiger charge is -2.35. The zero-order valence-corrected chi connectivity index (χ0v) is 17.3. The summed E-state index contributed by atoms with van der Waals surface area (Å²) in [6.45, 7) is 5.61. The highest BCUT2D eigenvalue weighted by atomic mass is 16.6. The van der Waals surface area contributed by atoms with Crippen LogP contribution in [0, 0.1) is 6.92 Å². The molecule has 8 nitrogen and oxygen atoms in total. The van der Waals surface area contributed by atoms with E-state index < -0.39 is 0 Å². The normalized spacial score (nSPS) is 18.8. The van der Waals surface area contributed by atoms with Crippen LogP contribution in [0.25, 0.3) is 0 Å². The number of piperidine rings is 1. The van der Waals surface area contributed by atoms with Crippen LogP contribution in [-0.4, -0.2) is 59.5 Å². The van der Waals surface area contributed by atoms with Gasteiger partial charge in [-0.05, 0) is 44.5 Å². The molecule has 0 saturated carbocycles. The lowest BCUT2D eigenvalue weighted by atomic mass is 10.0. The van der Waals surface area contributed by atoms with Crippen molar-refractivity contribution in [2.24, 2.45) is 0 Å². The summed E-state index contributed by atoms with van der Waals surface area (Å²) in [6.07, 6.45) is 3.28. The summed E-state index contributed by atoms with van der Waals surface area (Å²) in [5.74, 6) is 0.982. The fourth-order valence-corrected chi connectivity index (χ4v) is 4.08. The third-order valence-electron chi connectivity index (χ3n) is 5.66. The molecule has 0 bridgehead atoms. The standard InChI is InChI=1S/C22H28N4O4/c1-16-8-9-20(27)26(24-16)12-11-25-10-3-2-5-17(25)15-23-22(28)18-6-4-7-19-21(18)30-14-13-29-19/h4,6-9,17H,2-3,5,10-15H2,1H3,(H,23,28). The maximum atomic E-state index is 12.8. The number of hydrogen-bond donors (Lipinski definition) is 1. The van der Waals surface area contributed by atoms with Crippen LogP contribution in [0.5, 0.6) is 11.5 Å². The van der Waals surface area contributed by atoms with Gasteiger partial charge < -0.3 is 14.8 Å². The second-order valence-electron chi connectivity index (χ2n) is 7.76. The van der Waals surface area contributed by atoms with Gasteiger partial charge in [-0.3, -0.25) is 14.5 Å². The molecule has 1 N–H and O–H groups in total. The van der Waals surface area contributed by atoms with Crippen LogP contribution >= 0.6 is 0 Å². The highest BCUT2D eigenvalue weighted by Gasteiger charge is 2.25. The molecular formula is C22H28N4O4. The third-order valence-corrected chi connectivity index (χ3v) is 5.66. The van der Waals surface area contributed by atoms with Crippen molar-refractivity contribution >= 4 is 5.91 Å². The number of aromatic nitrogens is 2. The van der Waals surface area contributed by atoms with E-state index in [0.717, 1.165) is 38.0 Å². The van der Waals surface area contributed by atoms with E-state index in [1.165, 1.54) is 4.68 Å².